The molecule has 3 rings (SSSR count). The van der Waals surface area contributed by atoms with E-state index in [2.05, 4.69) is 15.2 Å². The molecule has 1 N–H and O–H groups in total. The topological polar surface area (TPSA) is 58.4 Å². The molecule has 0 atom stereocenters. The minimum absolute atomic E-state index is 0.210. The summed E-state index contributed by atoms with van der Waals surface area (Å²) in [7, 11) is 0. The Balaban J connectivity index is 1.61. The van der Waals surface area contributed by atoms with E-state index in [9.17, 15) is 4.79 Å². The summed E-state index contributed by atoms with van der Waals surface area (Å²) in [5.74, 6) is 0.922. The van der Waals surface area contributed by atoms with Crippen LogP contribution in [0.5, 0.6) is 0 Å². The Morgan fingerprint density at radius 1 is 1.27 bits per heavy atom. The van der Waals surface area contributed by atoms with E-state index in [4.69, 9.17) is 16.0 Å². The van der Waals surface area contributed by atoms with Gasteiger partial charge in [0.2, 0.25) is 0 Å². The molecule has 5 nitrogen and oxygen atoms in total. The van der Waals surface area contributed by atoms with Crippen LogP contribution in [0.1, 0.15) is 35.4 Å². The smallest absolute Gasteiger partial charge is 0.287 e. The molecule has 2 aromatic heterocycles. The van der Waals surface area contributed by atoms with Crippen molar-refractivity contribution < 1.29 is 9.21 Å². The molecule has 0 saturated carbocycles. The number of aromatic nitrogens is 1. The van der Waals surface area contributed by atoms with Crippen LogP contribution >= 0.6 is 11.6 Å². The standard InChI is InChI=1S/C16H18ClN3O2/c17-14-5-4-13(22-14)16(21)19-11-12-6-7-18-15(10-12)20-8-2-1-3-9-20/h4-7,10H,1-3,8-9,11H2,(H,19,21). The predicted octanol–water partition coefficient (Wildman–Crippen LogP) is 3.25. The normalized spacial score (nSPS) is 14.9. The van der Waals surface area contributed by atoms with Crippen LogP contribution in [0.2, 0.25) is 5.22 Å². The maximum atomic E-state index is 11.9. The van der Waals surface area contributed by atoms with E-state index >= 15 is 0 Å². The first-order valence-corrected chi connectivity index (χ1v) is 7.83. The third kappa shape index (κ3) is 3.60. The van der Waals surface area contributed by atoms with Gasteiger partial charge in [0.05, 0.1) is 0 Å². The molecule has 1 aliphatic heterocycles. The van der Waals surface area contributed by atoms with E-state index in [1.807, 2.05) is 12.1 Å². The van der Waals surface area contributed by atoms with Gasteiger partial charge in [-0.1, -0.05) is 0 Å². The van der Waals surface area contributed by atoms with Gasteiger partial charge in [-0.05, 0) is 60.7 Å². The third-order valence-corrected chi connectivity index (χ3v) is 3.94. The van der Waals surface area contributed by atoms with Crippen molar-refractivity contribution in [2.75, 3.05) is 18.0 Å². The average Bonchev–Trinajstić information content (AvgIpc) is 3.00. The van der Waals surface area contributed by atoms with Gasteiger partial charge in [-0.25, -0.2) is 4.98 Å². The number of halogens is 1. The van der Waals surface area contributed by atoms with Crippen LogP contribution in [0.4, 0.5) is 5.82 Å². The number of furan rings is 1. The van der Waals surface area contributed by atoms with E-state index in [0.717, 1.165) is 24.5 Å². The van der Waals surface area contributed by atoms with Crippen molar-refractivity contribution in [1.82, 2.24) is 10.3 Å². The molecular formula is C16H18ClN3O2. The molecule has 2 aromatic rings. The van der Waals surface area contributed by atoms with E-state index in [0.29, 0.717) is 6.54 Å². The number of anilines is 1. The van der Waals surface area contributed by atoms with Crippen molar-refractivity contribution in [3.8, 4) is 0 Å². The van der Waals surface area contributed by atoms with E-state index in [-0.39, 0.29) is 16.9 Å². The molecule has 0 bridgehead atoms. The van der Waals surface area contributed by atoms with Crippen molar-refractivity contribution in [1.29, 1.82) is 0 Å². The number of amides is 1. The summed E-state index contributed by atoms with van der Waals surface area (Å²) in [6.07, 6.45) is 5.50. The van der Waals surface area contributed by atoms with Gasteiger partial charge < -0.3 is 14.6 Å². The highest BCUT2D eigenvalue weighted by atomic mass is 35.5. The highest BCUT2D eigenvalue weighted by Gasteiger charge is 2.13. The number of nitrogens with one attached hydrogen (secondary N) is 1. The minimum Gasteiger partial charge on any atom is -0.440 e. The Morgan fingerprint density at radius 3 is 2.82 bits per heavy atom. The fraction of sp³-hybridized carbons (Fsp3) is 0.375. The molecule has 0 aromatic carbocycles. The molecule has 0 unspecified atom stereocenters. The van der Waals surface area contributed by atoms with Crippen molar-refractivity contribution in [2.24, 2.45) is 0 Å². The number of piperidine rings is 1. The molecular weight excluding hydrogens is 302 g/mol. The Hall–Kier alpha value is -2.01. The molecule has 0 spiro atoms. The Morgan fingerprint density at radius 2 is 2.09 bits per heavy atom. The first kappa shape index (κ1) is 14.9. The summed E-state index contributed by atoms with van der Waals surface area (Å²) in [6, 6.07) is 7.05. The van der Waals surface area contributed by atoms with Crippen molar-refractivity contribution in [3.63, 3.8) is 0 Å². The van der Waals surface area contributed by atoms with Crippen LogP contribution < -0.4 is 10.2 Å². The number of pyridine rings is 1. The SMILES string of the molecule is O=C(NCc1ccnc(N2CCCCC2)c1)c1ccc(Cl)o1. The number of carbonyl (C=O) groups is 1. The van der Waals surface area contributed by atoms with Gasteiger partial charge in [0.1, 0.15) is 5.82 Å². The number of hydrogen-bond acceptors (Lipinski definition) is 4. The lowest BCUT2D eigenvalue weighted by atomic mass is 10.1. The minimum atomic E-state index is -0.275. The fourth-order valence-corrected chi connectivity index (χ4v) is 2.72. The molecule has 1 fully saturated rings. The highest BCUT2D eigenvalue weighted by Crippen LogP contribution is 2.18. The van der Waals surface area contributed by atoms with Crippen LogP contribution in [-0.4, -0.2) is 24.0 Å². The number of hydrogen-bond donors (Lipinski definition) is 1. The highest BCUT2D eigenvalue weighted by molar-refractivity contribution is 6.29. The lowest BCUT2D eigenvalue weighted by Crippen LogP contribution is -2.30. The van der Waals surface area contributed by atoms with Gasteiger partial charge in [-0.15, -0.1) is 0 Å². The molecule has 1 amide bonds. The zero-order valence-corrected chi connectivity index (χ0v) is 13.0. The molecule has 22 heavy (non-hydrogen) atoms. The summed E-state index contributed by atoms with van der Waals surface area (Å²) in [5, 5.41) is 3.03. The number of rotatable bonds is 4. The first-order valence-electron chi connectivity index (χ1n) is 7.46. The van der Waals surface area contributed by atoms with Gasteiger partial charge >= 0.3 is 0 Å². The second-order valence-corrected chi connectivity index (χ2v) is 5.73. The summed E-state index contributed by atoms with van der Waals surface area (Å²) in [4.78, 5) is 18.7. The van der Waals surface area contributed by atoms with Crippen LogP contribution in [0.25, 0.3) is 0 Å². The molecule has 0 radical (unpaired) electrons. The summed E-state index contributed by atoms with van der Waals surface area (Å²) in [5.41, 5.74) is 1.02. The van der Waals surface area contributed by atoms with E-state index < -0.39 is 0 Å². The maximum absolute atomic E-state index is 11.9. The second kappa shape index (κ2) is 6.83. The van der Waals surface area contributed by atoms with Gasteiger partial charge in [0.15, 0.2) is 11.0 Å². The maximum Gasteiger partial charge on any atom is 0.287 e. The van der Waals surface area contributed by atoms with Crippen LogP contribution in [0.3, 0.4) is 0 Å². The van der Waals surface area contributed by atoms with Crippen molar-refractivity contribution in [2.45, 2.75) is 25.8 Å². The summed E-state index contributed by atoms with van der Waals surface area (Å²) in [6.45, 7) is 2.53. The van der Waals surface area contributed by atoms with Gasteiger partial charge in [0, 0.05) is 25.8 Å². The molecule has 1 aliphatic rings. The summed E-state index contributed by atoms with van der Waals surface area (Å²) < 4.78 is 5.09. The van der Waals surface area contributed by atoms with E-state index in [1.54, 1.807) is 18.3 Å². The number of carbonyl (C=O) groups excluding carboxylic acids is 1. The predicted molar refractivity (Wildman–Crippen MR) is 85.2 cm³/mol. The first-order chi connectivity index (χ1) is 10.7. The molecule has 116 valence electrons. The molecule has 6 heteroatoms. The molecule has 0 aliphatic carbocycles. The van der Waals surface area contributed by atoms with Gasteiger partial charge in [-0.2, -0.15) is 0 Å². The zero-order valence-electron chi connectivity index (χ0n) is 12.2. The monoisotopic (exact) mass is 319 g/mol. The van der Waals surface area contributed by atoms with Crippen molar-refractivity contribution in [3.05, 3.63) is 47.0 Å². The van der Waals surface area contributed by atoms with Crippen LogP contribution in [-0.2, 0) is 6.54 Å². The Labute approximate surface area is 134 Å². The van der Waals surface area contributed by atoms with Crippen LogP contribution in [0.15, 0.2) is 34.9 Å². The summed E-state index contributed by atoms with van der Waals surface area (Å²) >= 11 is 5.67. The fourth-order valence-electron chi connectivity index (χ4n) is 2.57. The largest absolute Gasteiger partial charge is 0.440 e. The second-order valence-electron chi connectivity index (χ2n) is 5.36. The Bertz CT molecular complexity index is 650. The average molecular weight is 320 g/mol. The van der Waals surface area contributed by atoms with E-state index in [1.165, 1.54) is 19.3 Å². The lowest BCUT2D eigenvalue weighted by molar-refractivity contribution is 0.0923. The molecule has 1 saturated heterocycles. The Kier molecular flexibility index (Phi) is 4.63. The third-order valence-electron chi connectivity index (χ3n) is 3.74. The van der Waals surface area contributed by atoms with Crippen molar-refractivity contribution >= 4 is 23.3 Å². The molecule has 3 heterocycles. The van der Waals surface area contributed by atoms with Crippen LogP contribution in [0, 0.1) is 0 Å². The lowest BCUT2D eigenvalue weighted by Gasteiger charge is -2.27. The quantitative estimate of drug-likeness (QED) is 0.939. The van der Waals surface area contributed by atoms with Gasteiger partial charge in [0.25, 0.3) is 5.91 Å². The number of nitrogens with zero attached hydrogens (tertiary/aromatic N) is 2. The zero-order chi connectivity index (χ0) is 15.4. The van der Waals surface area contributed by atoms with Gasteiger partial charge in [-0.3, -0.25) is 4.79 Å².